The lowest BCUT2D eigenvalue weighted by Gasteiger charge is -2.26. The first kappa shape index (κ1) is 23.1. The van der Waals surface area contributed by atoms with E-state index in [4.69, 9.17) is 21.1 Å². The predicted octanol–water partition coefficient (Wildman–Crippen LogP) is 4.62. The van der Waals surface area contributed by atoms with Crippen molar-refractivity contribution in [1.82, 2.24) is 14.7 Å². The minimum Gasteiger partial charge on any atom is -0.492 e. The number of amides is 1. The van der Waals surface area contributed by atoms with Crippen molar-refractivity contribution in [2.24, 2.45) is 7.05 Å². The highest BCUT2D eigenvalue weighted by Crippen LogP contribution is 2.32. The second kappa shape index (κ2) is 11.2. The summed E-state index contributed by atoms with van der Waals surface area (Å²) in [5, 5.41) is 7.64. The molecule has 1 aliphatic heterocycles. The van der Waals surface area contributed by atoms with E-state index >= 15 is 0 Å². The van der Waals surface area contributed by atoms with Crippen molar-refractivity contribution in [2.75, 3.05) is 38.2 Å². The van der Waals surface area contributed by atoms with Crippen LogP contribution in [0.15, 0.2) is 54.7 Å². The third-order valence-electron chi connectivity index (χ3n) is 5.67. The highest BCUT2D eigenvalue weighted by molar-refractivity contribution is 6.32. The maximum atomic E-state index is 12.5. The molecule has 2 heterocycles. The highest BCUT2D eigenvalue weighted by Gasteiger charge is 2.15. The first-order chi connectivity index (χ1) is 16.1. The van der Waals surface area contributed by atoms with Crippen LogP contribution >= 0.6 is 11.6 Å². The van der Waals surface area contributed by atoms with E-state index in [2.05, 4.69) is 15.3 Å². The van der Waals surface area contributed by atoms with Crippen LogP contribution in [-0.2, 0) is 11.8 Å². The molecule has 0 atom stereocenters. The molecule has 7 nitrogen and oxygen atoms in total. The average Bonchev–Trinajstić information content (AvgIpc) is 3.25. The van der Waals surface area contributed by atoms with Gasteiger partial charge in [-0.15, -0.1) is 0 Å². The Kier molecular flexibility index (Phi) is 7.86. The van der Waals surface area contributed by atoms with Gasteiger partial charge in [-0.3, -0.25) is 14.4 Å². The van der Waals surface area contributed by atoms with Gasteiger partial charge in [0.05, 0.1) is 10.7 Å². The largest absolute Gasteiger partial charge is 0.492 e. The summed E-state index contributed by atoms with van der Waals surface area (Å²) in [6, 6.07) is 14.6. The lowest BCUT2D eigenvalue weighted by molar-refractivity contribution is -0.118. The number of nitrogens with zero attached hydrogens (tertiary/aromatic N) is 3. The Hall–Kier alpha value is -3.03. The Morgan fingerprint density at radius 3 is 2.64 bits per heavy atom. The number of benzene rings is 2. The minimum absolute atomic E-state index is 0.140. The Morgan fingerprint density at radius 2 is 1.88 bits per heavy atom. The zero-order valence-corrected chi connectivity index (χ0v) is 19.6. The van der Waals surface area contributed by atoms with Crippen molar-refractivity contribution in [1.29, 1.82) is 0 Å². The van der Waals surface area contributed by atoms with E-state index in [1.165, 1.54) is 19.3 Å². The molecular formula is C25H29ClN4O3. The summed E-state index contributed by atoms with van der Waals surface area (Å²) >= 11 is 6.09. The molecule has 0 unspecified atom stereocenters. The number of hydrogen-bond acceptors (Lipinski definition) is 5. The van der Waals surface area contributed by atoms with E-state index < -0.39 is 0 Å². The van der Waals surface area contributed by atoms with Gasteiger partial charge in [-0.25, -0.2) is 0 Å². The molecule has 0 aliphatic carbocycles. The van der Waals surface area contributed by atoms with Crippen LogP contribution in [0.5, 0.6) is 11.5 Å². The van der Waals surface area contributed by atoms with Crippen molar-refractivity contribution in [3.05, 3.63) is 59.8 Å². The molecule has 33 heavy (non-hydrogen) atoms. The fourth-order valence-corrected chi connectivity index (χ4v) is 4.13. The lowest BCUT2D eigenvalue weighted by atomic mass is 10.1. The van der Waals surface area contributed by atoms with Gasteiger partial charge in [-0.05, 0) is 62.3 Å². The molecule has 174 valence electrons. The fraction of sp³-hybridized carbons (Fsp3) is 0.360. The average molecular weight is 469 g/mol. The van der Waals surface area contributed by atoms with E-state index in [0.717, 1.165) is 36.6 Å². The molecule has 0 spiro atoms. The number of ether oxygens (including phenoxy) is 2. The molecule has 8 heteroatoms. The Morgan fingerprint density at radius 1 is 1.06 bits per heavy atom. The molecule has 1 aliphatic rings. The van der Waals surface area contributed by atoms with Crippen LogP contribution in [0, 0.1) is 0 Å². The zero-order valence-electron chi connectivity index (χ0n) is 18.8. The van der Waals surface area contributed by atoms with Crippen molar-refractivity contribution < 1.29 is 14.3 Å². The van der Waals surface area contributed by atoms with Gasteiger partial charge in [-0.2, -0.15) is 5.10 Å². The number of likely N-dealkylation sites (tertiary alicyclic amines) is 1. The smallest absolute Gasteiger partial charge is 0.262 e. The van der Waals surface area contributed by atoms with Gasteiger partial charge in [0.15, 0.2) is 6.61 Å². The van der Waals surface area contributed by atoms with E-state index in [9.17, 15) is 4.79 Å². The molecule has 1 amide bonds. The number of nitrogens with one attached hydrogen (secondary N) is 1. The number of anilines is 1. The summed E-state index contributed by atoms with van der Waals surface area (Å²) in [5.41, 5.74) is 2.44. The summed E-state index contributed by atoms with van der Waals surface area (Å²) in [7, 11) is 1.88. The molecule has 4 rings (SSSR count). The number of hydrogen-bond donors (Lipinski definition) is 1. The number of carbonyl (C=O) groups excluding carboxylic acids is 1. The molecular weight excluding hydrogens is 440 g/mol. The number of rotatable bonds is 9. The number of aromatic nitrogens is 2. The van der Waals surface area contributed by atoms with Crippen molar-refractivity contribution in [3.8, 4) is 22.8 Å². The van der Waals surface area contributed by atoms with Crippen LogP contribution in [-0.4, -0.2) is 53.4 Å². The summed E-state index contributed by atoms with van der Waals surface area (Å²) in [6.45, 7) is 3.65. The summed E-state index contributed by atoms with van der Waals surface area (Å²) in [5.74, 6) is 0.966. The highest BCUT2D eigenvalue weighted by atomic mass is 35.5. The zero-order chi connectivity index (χ0) is 23.0. The Bertz CT molecular complexity index is 1080. The molecule has 1 fully saturated rings. The Balaban J connectivity index is 1.42. The minimum atomic E-state index is -0.273. The van der Waals surface area contributed by atoms with E-state index in [1.54, 1.807) is 23.0 Å². The standard InChI is InChI=1S/C25H29ClN4O3/c1-29-22(11-12-27-29)20-17-19(28-25(31)18-33-24-8-4-3-7-21(24)26)9-10-23(20)32-16-15-30-13-5-2-6-14-30/h3-4,7-12,17H,2,5-6,13-16,18H2,1H3,(H,28,31). The normalized spacial score (nSPS) is 14.1. The second-order valence-electron chi connectivity index (χ2n) is 8.07. The lowest BCUT2D eigenvalue weighted by Crippen LogP contribution is -2.33. The molecule has 0 radical (unpaired) electrons. The van der Waals surface area contributed by atoms with Gasteiger partial charge in [-0.1, -0.05) is 30.2 Å². The first-order valence-corrected chi connectivity index (χ1v) is 11.6. The fourth-order valence-electron chi connectivity index (χ4n) is 3.94. The molecule has 0 saturated carbocycles. The van der Waals surface area contributed by atoms with Crippen LogP contribution in [0.4, 0.5) is 5.69 Å². The summed E-state index contributed by atoms with van der Waals surface area (Å²) in [4.78, 5) is 14.9. The van der Waals surface area contributed by atoms with E-state index in [-0.39, 0.29) is 12.5 Å². The summed E-state index contributed by atoms with van der Waals surface area (Å²) in [6.07, 6.45) is 5.58. The molecule has 3 aromatic rings. The van der Waals surface area contributed by atoms with Crippen molar-refractivity contribution in [3.63, 3.8) is 0 Å². The topological polar surface area (TPSA) is 68.6 Å². The van der Waals surface area contributed by atoms with Gasteiger partial charge in [0.2, 0.25) is 0 Å². The van der Waals surface area contributed by atoms with Crippen LogP contribution in [0.1, 0.15) is 19.3 Å². The first-order valence-electron chi connectivity index (χ1n) is 11.2. The third kappa shape index (κ3) is 6.27. The van der Waals surface area contributed by atoms with Gasteiger partial charge in [0.1, 0.15) is 18.1 Å². The van der Waals surface area contributed by atoms with E-state index in [0.29, 0.717) is 23.1 Å². The van der Waals surface area contributed by atoms with Crippen LogP contribution in [0.2, 0.25) is 5.02 Å². The van der Waals surface area contributed by atoms with Gasteiger partial charge in [0, 0.05) is 31.0 Å². The predicted molar refractivity (Wildman–Crippen MR) is 130 cm³/mol. The number of halogens is 1. The van der Waals surface area contributed by atoms with Crippen molar-refractivity contribution >= 4 is 23.2 Å². The number of carbonyl (C=O) groups is 1. The van der Waals surface area contributed by atoms with Crippen LogP contribution < -0.4 is 14.8 Å². The van der Waals surface area contributed by atoms with Gasteiger partial charge in [0.25, 0.3) is 5.91 Å². The number of aryl methyl sites for hydroxylation is 1. The molecule has 1 saturated heterocycles. The van der Waals surface area contributed by atoms with Gasteiger partial charge < -0.3 is 14.8 Å². The number of piperidine rings is 1. The SMILES string of the molecule is Cn1nccc1-c1cc(NC(=O)COc2ccccc2Cl)ccc1OCCN1CCCCC1. The quantitative estimate of drug-likeness (QED) is 0.496. The monoisotopic (exact) mass is 468 g/mol. The van der Waals surface area contributed by atoms with Crippen molar-refractivity contribution in [2.45, 2.75) is 19.3 Å². The molecule has 2 aromatic carbocycles. The van der Waals surface area contributed by atoms with Gasteiger partial charge >= 0.3 is 0 Å². The maximum absolute atomic E-state index is 12.5. The third-order valence-corrected chi connectivity index (χ3v) is 5.98. The molecule has 1 aromatic heterocycles. The second-order valence-corrected chi connectivity index (χ2v) is 8.48. The molecule has 1 N–H and O–H groups in total. The van der Waals surface area contributed by atoms with Crippen LogP contribution in [0.3, 0.4) is 0 Å². The summed E-state index contributed by atoms with van der Waals surface area (Å²) < 4.78 is 13.5. The maximum Gasteiger partial charge on any atom is 0.262 e. The van der Waals surface area contributed by atoms with Crippen LogP contribution in [0.25, 0.3) is 11.3 Å². The molecule has 0 bridgehead atoms. The van der Waals surface area contributed by atoms with E-state index in [1.807, 2.05) is 43.4 Å². The Labute approximate surface area is 199 Å². The number of para-hydroxylation sites is 1.